The minimum absolute atomic E-state index is 0.197. The van der Waals surface area contributed by atoms with Crippen LogP contribution in [0.25, 0.3) is 10.8 Å². The third kappa shape index (κ3) is 8.08. The van der Waals surface area contributed by atoms with E-state index in [0.717, 1.165) is 20.8 Å². The molecule has 0 saturated carbocycles. The summed E-state index contributed by atoms with van der Waals surface area (Å²) in [5.74, 6) is -0.834. The van der Waals surface area contributed by atoms with Crippen LogP contribution in [0.3, 0.4) is 0 Å². The van der Waals surface area contributed by atoms with E-state index in [9.17, 15) is 14.4 Å². The molecule has 35 heavy (non-hydrogen) atoms. The van der Waals surface area contributed by atoms with Crippen molar-refractivity contribution < 1.29 is 19.1 Å². The summed E-state index contributed by atoms with van der Waals surface area (Å²) in [7, 11) is 0. The zero-order valence-electron chi connectivity index (χ0n) is 19.3. The predicted molar refractivity (Wildman–Crippen MR) is 139 cm³/mol. The van der Waals surface area contributed by atoms with Crippen LogP contribution in [-0.2, 0) is 16.0 Å². The van der Waals surface area contributed by atoms with Crippen molar-refractivity contribution in [2.75, 3.05) is 19.7 Å². The number of amides is 3. The lowest BCUT2D eigenvalue weighted by atomic mass is 10.1. The Balaban J connectivity index is 1.48. The van der Waals surface area contributed by atoms with Gasteiger partial charge in [0.25, 0.3) is 5.91 Å². The van der Waals surface area contributed by atoms with Gasteiger partial charge < -0.3 is 26.8 Å². The maximum Gasteiger partial charge on any atom is 0.255 e. The largest absolute Gasteiger partial charge is 0.493 e. The van der Waals surface area contributed by atoms with Crippen LogP contribution in [0.5, 0.6) is 5.75 Å². The van der Waals surface area contributed by atoms with Gasteiger partial charge in [-0.1, -0.05) is 52.3 Å². The molecule has 1 unspecified atom stereocenters. The highest BCUT2D eigenvalue weighted by molar-refractivity contribution is 9.10. The van der Waals surface area contributed by atoms with Crippen molar-refractivity contribution in [3.63, 3.8) is 0 Å². The molecule has 0 radical (unpaired) electrons. The van der Waals surface area contributed by atoms with E-state index in [1.807, 2.05) is 48.5 Å². The average Bonchev–Trinajstić information content (AvgIpc) is 2.85. The van der Waals surface area contributed by atoms with Gasteiger partial charge in [0.15, 0.2) is 0 Å². The Kier molecular flexibility index (Phi) is 9.63. The Labute approximate surface area is 212 Å². The highest BCUT2D eigenvalue weighted by atomic mass is 79.9. The number of fused-ring (bicyclic) bond motifs is 1. The fraction of sp³-hybridized carbons (Fsp3) is 0.269. The fourth-order valence-electron chi connectivity index (χ4n) is 3.50. The molecule has 0 fully saturated rings. The summed E-state index contributed by atoms with van der Waals surface area (Å²) in [6.45, 7) is 0.573. The minimum Gasteiger partial charge on any atom is -0.493 e. The van der Waals surface area contributed by atoms with Crippen molar-refractivity contribution >= 4 is 44.4 Å². The van der Waals surface area contributed by atoms with Crippen molar-refractivity contribution in [2.45, 2.75) is 25.3 Å². The molecule has 3 amide bonds. The number of hydrogen-bond donors (Lipinski definition) is 4. The van der Waals surface area contributed by atoms with Crippen molar-refractivity contribution in [3.05, 3.63) is 76.3 Å². The van der Waals surface area contributed by atoms with Gasteiger partial charge in [0.1, 0.15) is 5.75 Å². The Morgan fingerprint density at radius 2 is 1.63 bits per heavy atom. The molecule has 3 rings (SSSR count). The highest BCUT2D eigenvalue weighted by Crippen LogP contribution is 2.26. The number of benzene rings is 3. The number of hydrogen-bond acceptors (Lipinski definition) is 5. The quantitative estimate of drug-likeness (QED) is 0.262. The normalized spacial score (nSPS) is 11.6. The first kappa shape index (κ1) is 26.2. The summed E-state index contributed by atoms with van der Waals surface area (Å²) in [6.07, 6.45) is 1.82. The molecule has 0 aliphatic rings. The molecule has 0 aliphatic heterocycles. The second kappa shape index (κ2) is 12.9. The van der Waals surface area contributed by atoms with Crippen LogP contribution in [0.15, 0.2) is 65.1 Å². The van der Waals surface area contributed by atoms with Crippen molar-refractivity contribution in [1.82, 2.24) is 10.6 Å². The lowest BCUT2D eigenvalue weighted by Gasteiger charge is -2.14. The van der Waals surface area contributed by atoms with Crippen LogP contribution >= 0.6 is 15.9 Å². The molecule has 1 atom stereocenters. The van der Waals surface area contributed by atoms with Gasteiger partial charge in [-0.25, -0.2) is 0 Å². The number of rotatable bonds is 12. The number of carbonyl (C=O) groups excluding carboxylic acids is 3. The summed E-state index contributed by atoms with van der Waals surface area (Å²) in [6, 6.07) is 18.2. The first-order valence-electron chi connectivity index (χ1n) is 11.3. The smallest absolute Gasteiger partial charge is 0.255 e. The third-order valence-electron chi connectivity index (χ3n) is 5.35. The first-order valence-corrected chi connectivity index (χ1v) is 12.1. The third-order valence-corrected chi connectivity index (χ3v) is 5.88. The average molecular weight is 541 g/mol. The number of ether oxygens (including phenoxy) is 1. The van der Waals surface area contributed by atoms with Gasteiger partial charge in [0.2, 0.25) is 11.8 Å². The van der Waals surface area contributed by atoms with Gasteiger partial charge in [0, 0.05) is 11.0 Å². The number of nitrogens with one attached hydrogen (secondary N) is 2. The molecule has 0 heterocycles. The predicted octanol–water partition coefficient (Wildman–Crippen LogP) is 2.66. The van der Waals surface area contributed by atoms with Gasteiger partial charge in [-0.05, 0) is 59.9 Å². The standard InChI is InChI=1S/C26H29BrN4O4/c27-20-9-7-17(8-10-20)13-22(28)26(34)30-11-3-4-12-35-23-15-19-6-2-1-5-18(19)14-21(23)25(33)31-16-24(29)32/h1-2,5-10,14-15,22H,3-4,11-13,16,28H2,(H2,29,32)(H,30,34)(H,31,33). The zero-order chi connectivity index (χ0) is 25.2. The second-order valence-electron chi connectivity index (χ2n) is 8.13. The van der Waals surface area contributed by atoms with E-state index in [1.165, 1.54) is 0 Å². The number of primary amides is 1. The van der Waals surface area contributed by atoms with Gasteiger partial charge in [-0.3, -0.25) is 14.4 Å². The SMILES string of the molecule is NC(=O)CNC(=O)c1cc2ccccc2cc1OCCCCNC(=O)C(N)Cc1ccc(Br)cc1. The van der Waals surface area contributed by atoms with E-state index in [0.29, 0.717) is 43.7 Å². The van der Waals surface area contributed by atoms with Gasteiger partial charge in [0.05, 0.1) is 24.8 Å². The van der Waals surface area contributed by atoms with Crippen molar-refractivity contribution in [1.29, 1.82) is 0 Å². The van der Waals surface area contributed by atoms with Gasteiger partial charge >= 0.3 is 0 Å². The summed E-state index contributed by atoms with van der Waals surface area (Å²) >= 11 is 3.39. The molecule has 0 aromatic heterocycles. The molecule has 0 spiro atoms. The van der Waals surface area contributed by atoms with Crippen LogP contribution in [0, 0.1) is 0 Å². The van der Waals surface area contributed by atoms with Crippen LogP contribution in [0.2, 0.25) is 0 Å². The first-order chi connectivity index (χ1) is 16.8. The summed E-state index contributed by atoms with van der Waals surface area (Å²) < 4.78 is 6.87. The van der Waals surface area contributed by atoms with Crippen molar-refractivity contribution in [3.8, 4) is 5.75 Å². The van der Waals surface area contributed by atoms with Crippen LogP contribution < -0.4 is 26.8 Å². The topological polar surface area (TPSA) is 137 Å². The molecule has 0 bridgehead atoms. The van der Waals surface area contributed by atoms with Crippen LogP contribution in [0.4, 0.5) is 0 Å². The van der Waals surface area contributed by atoms with E-state index in [2.05, 4.69) is 26.6 Å². The molecule has 0 aliphatic carbocycles. The van der Waals surface area contributed by atoms with Crippen LogP contribution in [0.1, 0.15) is 28.8 Å². The van der Waals surface area contributed by atoms with E-state index in [1.54, 1.807) is 12.1 Å². The fourth-order valence-corrected chi connectivity index (χ4v) is 3.76. The Morgan fingerprint density at radius 3 is 2.31 bits per heavy atom. The van der Waals surface area contributed by atoms with Crippen molar-refractivity contribution in [2.24, 2.45) is 11.5 Å². The van der Waals surface area contributed by atoms with E-state index < -0.39 is 17.9 Å². The summed E-state index contributed by atoms with van der Waals surface area (Å²) in [4.78, 5) is 35.9. The Hall–Kier alpha value is -3.43. The zero-order valence-corrected chi connectivity index (χ0v) is 20.8. The molecular formula is C26H29BrN4O4. The molecule has 3 aromatic rings. The van der Waals surface area contributed by atoms with Gasteiger partial charge in [-0.15, -0.1) is 0 Å². The molecule has 8 nitrogen and oxygen atoms in total. The van der Waals surface area contributed by atoms with Gasteiger partial charge in [-0.2, -0.15) is 0 Å². The minimum atomic E-state index is -0.625. The second-order valence-corrected chi connectivity index (χ2v) is 9.04. The molecule has 6 N–H and O–H groups in total. The molecule has 9 heteroatoms. The molecular weight excluding hydrogens is 512 g/mol. The molecule has 3 aromatic carbocycles. The summed E-state index contributed by atoms with van der Waals surface area (Å²) in [5.41, 5.74) is 12.5. The monoisotopic (exact) mass is 540 g/mol. The van der Waals surface area contributed by atoms with E-state index in [4.69, 9.17) is 16.2 Å². The lowest BCUT2D eigenvalue weighted by molar-refractivity contribution is -0.122. The number of carbonyl (C=O) groups is 3. The molecule has 184 valence electrons. The maximum absolute atomic E-state index is 12.6. The number of unbranched alkanes of at least 4 members (excludes halogenated alkanes) is 1. The lowest BCUT2D eigenvalue weighted by Crippen LogP contribution is -2.42. The molecule has 0 saturated heterocycles. The maximum atomic E-state index is 12.6. The Bertz CT molecular complexity index is 1180. The Morgan fingerprint density at radius 1 is 0.943 bits per heavy atom. The summed E-state index contributed by atoms with van der Waals surface area (Å²) in [5, 5.41) is 7.17. The number of halogens is 1. The van der Waals surface area contributed by atoms with Crippen LogP contribution in [-0.4, -0.2) is 43.5 Å². The number of nitrogens with two attached hydrogens (primary N) is 2. The highest BCUT2D eigenvalue weighted by Gasteiger charge is 2.16. The van der Waals surface area contributed by atoms with E-state index in [-0.39, 0.29) is 12.5 Å². The van der Waals surface area contributed by atoms with E-state index >= 15 is 0 Å².